The molecule has 1 aromatic carbocycles. The molecule has 1 unspecified atom stereocenters. The van der Waals surface area contributed by atoms with Gasteiger partial charge in [-0.1, -0.05) is 0 Å². The Morgan fingerprint density at radius 1 is 1.22 bits per heavy atom. The summed E-state index contributed by atoms with van der Waals surface area (Å²) in [4.78, 5) is 0. The van der Waals surface area contributed by atoms with Gasteiger partial charge in [0.2, 0.25) is 0 Å². The summed E-state index contributed by atoms with van der Waals surface area (Å²) in [7, 11) is -1.33. The van der Waals surface area contributed by atoms with E-state index in [0.29, 0.717) is 18.4 Å². The highest BCUT2D eigenvalue weighted by atomic mass is 32.2. The van der Waals surface area contributed by atoms with E-state index in [1.54, 1.807) is 7.05 Å². The predicted octanol–water partition coefficient (Wildman–Crippen LogP) is 1.53. The third kappa shape index (κ3) is 5.55. The molecule has 0 fully saturated rings. The maximum absolute atomic E-state index is 13.0. The van der Waals surface area contributed by atoms with E-state index in [4.69, 9.17) is 0 Å². The minimum absolute atomic E-state index is 0.0519. The van der Waals surface area contributed by atoms with Crippen LogP contribution in [0.1, 0.15) is 12.0 Å². The van der Waals surface area contributed by atoms with Crippen LogP contribution in [0.25, 0.3) is 0 Å². The van der Waals surface area contributed by atoms with Gasteiger partial charge >= 0.3 is 0 Å². The van der Waals surface area contributed by atoms with E-state index in [2.05, 4.69) is 5.32 Å². The summed E-state index contributed by atoms with van der Waals surface area (Å²) >= 11 is 0. The number of likely N-dealkylation sites (N-methyl/N-ethyl adjacent to an activating group) is 1. The van der Waals surface area contributed by atoms with E-state index in [9.17, 15) is 17.2 Å². The Bertz CT molecular complexity index is 483. The molecule has 0 radical (unpaired) electrons. The molecule has 0 aromatic heterocycles. The van der Waals surface area contributed by atoms with Gasteiger partial charge in [-0.05, 0) is 37.6 Å². The van der Waals surface area contributed by atoms with Gasteiger partial charge in [-0.3, -0.25) is 0 Å². The standard InChI is InChI=1S/C12H17F2NO2S/c1-15-12(3-4-18(2,16)17)7-9-5-10(13)8-11(14)6-9/h5-6,8,12,15H,3-4,7H2,1-2H3. The first-order chi connectivity index (χ1) is 8.30. The van der Waals surface area contributed by atoms with Crippen molar-refractivity contribution in [3.8, 4) is 0 Å². The molecule has 0 bridgehead atoms. The van der Waals surface area contributed by atoms with Gasteiger partial charge in [0.15, 0.2) is 0 Å². The van der Waals surface area contributed by atoms with Crippen LogP contribution in [0, 0.1) is 11.6 Å². The second kappa shape index (κ2) is 6.24. The molecule has 1 atom stereocenters. The van der Waals surface area contributed by atoms with Gasteiger partial charge in [-0.15, -0.1) is 0 Å². The maximum atomic E-state index is 13.0. The summed E-state index contributed by atoms with van der Waals surface area (Å²) in [5.74, 6) is -1.19. The summed E-state index contributed by atoms with van der Waals surface area (Å²) < 4.78 is 48.1. The Kier molecular flexibility index (Phi) is 5.22. The van der Waals surface area contributed by atoms with E-state index in [-0.39, 0.29) is 11.8 Å². The molecule has 18 heavy (non-hydrogen) atoms. The topological polar surface area (TPSA) is 46.2 Å². The number of benzene rings is 1. The first kappa shape index (κ1) is 15.0. The van der Waals surface area contributed by atoms with E-state index in [1.807, 2.05) is 0 Å². The van der Waals surface area contributed by atoms with Crippen molar-refractivity contribution in [2.75, 3.05) is 19.1 Å². The highest BCUT2D eigenvalue weighted by Crippen LogP contribution is 2.11. The van der Waals surface area contributed by atoms with Crippen LogP contribution in [0.15, 0.2) is 18.2 Å². The van der Waals surface area contributed by atoms with Crippen LogP contribution in [0.3, 0.4) is 0 Å². The average molecular weight is 277 g/mol. The van der Waals surface area contributed by atoms with Crippen LogP contribution in [0.5, 0.6) is 0 Å². The smallest absolute Gasteiger partial charge is 0.147 e. The second-order valence-electron chi connectivity index (χ2n) is 4.39. The molecule has 1 N–H and O–H groups in total. The van der Waals surface area contributed by atoms with Crippen LogP contribution < -0.4 is 5.32 Å². The van der Waals surface area contributed by atoms with Crippen LogP contribution in [-0.2, 0) is 16.3 Å². The predicted molar refractivity (Wildman–Crippen MR) is 67.2 cm³/mol. The molecule has 0 aliphatic carbocycles. The van der Waals surface area contributed by atoms with Gasteiger partial charge in [0.05, 0.1) is 5.75 Å². The number of rotatable bonds is 6. The van der Waals surface area contributed by atoms with Gasteiger partial charge in [0.25, 0.3) is 0 Å². The molecule has 0 aliphatic heterocycles. The fourth-order valence-corrected chi connectivity index (χ4v) is 2.43. The molecule has 6 heteroatoms. The summed E-state index contributed by atoms with van der Waals surface area (Å²) in [5, 5.41) is 2.95. The minimum atomic E-state index is -3.03. The van der Waals surface area contributed by atoms with E-state index < -0.39 is 21.5 Å². The summed E-state index contributed by atoms with van der Waals surface area (Å²) in [5.41, 5.74) is 0.514. The molecule has 0 spiro atoms. The Morgan fingerprint density at radius 3 is 2.22 bits per heavy atom. The molecule has 1 rings (SSSR count). The number of hydrogen-bond acceptors (Lipinski definition) is 3. The number of halogens is 2. The Balaban J connectivity index is 2.67. The first-order valence-electron chi connectivity index (χ1n) is 5.60. The molecular weight excluding hydrogens is 260 g/mol. The lowest BCUT2D eigenvalue weighted by molar-refractivity contribution is 0.527. The Labute approximate surface area is 106 Å². The highest BCUT2D eigenvalue weighted by Gasteiger charge is 2.12. The van der Waals surface area contributed by atoms with E-state index >= 15 is 0 Å². The van der Waals surface area contributed by atoms with Gasteiger partial charge in [0, 0.05) is 18.4 Å². The lowest BCUT2D eigenvalue weighted by Crippen LogP contribution is -2.30. The van der Waals surface area contributed by atoms with Gasteiger partial charge < -0.3 is 5.32 Å². The number of hydrogen-bond donors (Lipinski definition) is 1. The van der Waals surface area contributed by atoms with E-state index in [1.165, 1.54) is 18.4 Å². The van der Waals surface area contributed by atoms with Crippen LogP contribution in [0.4, 0.5) is 8.78 Å². The molecule has 0 saturated heterocycles. The van der Waals surface area contributed by atoms with Gasteiger partial charge in [-0.2, -0.15) is 0 Å². The van der Waals surface area contributed by atoms with Crippen molar-refractivity contribution in [3.05, 3.63) is 35.4 Å². The molecule has 0 heterocycles. The minimum Gasteiger partial charge on any atom is -0.317 e. The molecule has 0 saturated carbocycles. The maximum Gasteiger partial charge on any atom is 0.147 e. The fraction of sp³-hybridized carbons (Fsp3) is 0.500. The SMILES string of the molecule is CNC(CCS(C)(=O)=O)Cc1cc(F)cc(F)c1. The van der Waals surface area contributed by atoms with Crippen molar-refractivity contribution in [2.24, 2.45) is 0 Å². The molecule has 0 aliphatic rings. The van der Waals surface area contributed by atoms with Crippen molar-refractivity contribution in [2.45, 2.75) is 18.9 Å². The summed E-state index contributed by atoms with van der Waals surface area (Å²) in [6.07, 6.45) is 1.97. The van der Waals surface area contributed by atoms with Crippen molar-refractivity contribution in [1.82, 2.24) is 5.32 Å². The molecule has 0 amide bonds. The molecule has 3 nitrogen and oxygen atoms in total. The van der Waals surface area contributed by atoms with Crippen LogP contribution in [0.2, 0.25) is 0 Å². The molecule has 102 valence electrons. The Hall–Kier alpha value is -1.01. The second-order valence-corrected chi connectivity index (χ2v) is 6.65. The van der Waals surface area contributed by atoms with Crippen molar-refractivity contribution < 1.29 is 17.2 Å². The molecular formula is C12H17F2NO2S. The van der Waals surface area contributed by atoms with Crippen molar-refractivity contribution in [3.63, 3.8) is 0 Å². The average Bonchev–Trinajstić information content (AvgIpc) is 2.21. The van der Waals surface area contributed by atoms with Gasteiger partial charge in [0.1, 0.15) is 21.5 Å². The zero-order valence-electron chi connectivity index (χ0n) is 10.4. The third-order valence-corrected chi connectivity index (χ3v) is 3.63. The monoisotopic (exact) mass is 277 g/mol. The van der Waals surface area contributed by atoms with Crippen molar-refractivity contribution >= 4 is 9.84 Å². The van der Waals surface area contributed by atoms with Crippen molar-refractivity contribution in [1.29, 1.82) is 0 Å². The largest absolute Gasteiger partial charge is 0.317 e. The third-order valence-electron chi connectivity index (χ3n) is 2.65. The van der Waals surface area contributed by atoms with Crippen LogP contribution >= 0.6 is 0 Å². The number of nitrogens with one attached hydrogen (secondary N) is 1. The van der Waals surface area contributed by atoms with E-state index in [0.717, 1.165) is 6.07 Å². The Morgan fingerprint density at radius 2 is 1.78 bits per heavy atom. The van der Waals surface area contributed by atoms with Crippen LogP contribution in [-0.4, -0.2) is 33.5 Å². The quantitative estimate of drug-likeness (QED) is 0.857. The molecule has 1 aromatic rings. The zero-order valence-corrected chi connectivity index (χ0v) is 11.2. The lowest BCUT2D eigenvalue weighted by Gasteiger charge is -2.15. The lowest BCUT2D eigenvalue weighted by atomic mass is 10.0. The zero-order chi connectivity index (χ0) is 13.8. The fourth-order valence-electron chi connectivity index (χ4n) is 1.72. The summed E-state index contributed by atoms with van der Waals surface area (Å²) in [6, 6.07) is 3.21. The highest BCUT2D eigenvalue weighted by molar-refractivity contribution is 7.90. The normalized spacial score (nSPS) is 13.6. The number of sulfone groups is 1. The summed E-state index contributed by atoms with van der Waals surface area (Å²) in [6.45, 7) is 0. The first-order valence-corrected chi connectivity index (χ1v) is 7.66. The van der Waals surface area contributed by atoms with Gasteiger partial charge in [-0.25, -0.2) is 17.2 Å².